The van der Waals surface area contributed by atoms with Crippen molar-refractivity contribution < 1.29 is 4.74 Å². The molecule has 0 bridgehead atoms. The van der Waals surface area contributed by atoms with Gasteiger partial charge in [-0.3, -0.25) is 0 Å². The van der Waals surface area contributed by atoms with Gasteiger partial charge in [-0.05, 0) is 43.5 Å². The lowest BCUT2D eigenvalue weighted by atomic mass is 10.0. The second-order valence-electron chi connectivity index (χ2n) is 5.15. The minimum Gasteiger partial charge on any atom is -0.497 e. The summed E-state index contributed by atoms with van der Waals surface area (Å²) in [6.07, 6.45) is 5.99. The molecule has 1 N–H and O–H groups in total. The van der Waals surface area contributed by atoms with Crippen molar-refractivity contribution in [2.45, 2.75) is 25.3 Å². The molecule has 1 aliphatic heterocycles. The van der Waals surface area contributed by atoms with Crippen molar-refractivity contribution in [1.29, 1.82) is 0 Å². The first-order valence-corrected chi connectivity index (χ1v) is 6.63. The average molecular weight is 244 g/mol. The van der Waals surface area contributed by atoms with Crippen LogP contribution in [0.1, 0.15) is 18.4 Å². The van der Waals surface area contributed by atoms with E-state index in [0.29, 0.717) is 6.04 Å². The van der Waals surface area contributed by atoms with Gasteiger partial charge in [-0.25, -0.2) is 0 Å². The van der Waals surface area contributed by atoms with Gasteiger partial charge in [0.05, 0.1) is 12.6 Å². The Morgan fingerprint density at radius 3 is 3.06 bits per heavy atom. The molecular formula is C15H20N2O. The zero-order valence-electron chi connectivity index (χ0n) is 11.1. The van der Waals surface area contributed by atoms with Gasteiger partial charge in [-0.1, -0.05) is 0 Å². The summed E-state index contributed by atoms with van der Waals surface area (Å²) in [6, 6.07) is 6.99. The van der Waals surface area contributed by atoms with E-state index in [4.69, 9.17) is 4.74 Å². The highest BCUT2D eigenvalue weighted by Crippen LogP contribution is 2.26. The van der Waals surface area contributed by atoms with Crippen LogP contribution in [0.3, 0.4) is 0 Å². The topological polar surface area (TPSA) is 26.2 Å². The van der Waals surface area contributed by atoms with Crippen LogP contribution < -0.4 is 10.1 Å². The Bertz CT molecular complexity index is 553. The third-order valence-electron chi connectivity index (χ3n) is 3.91. The summed E-state index contributed by atoms with van der Waals surface area (Å²) in [6.45, 7) is 1.17. The number of nitrogens with one attached hydrogen (secondary N) is 1. The van der Waals surface area contributed by atoms with Gasteiger partial charge in [-0.2, -0.15) is 0 Å². The average Bonchev–Trinajstić information content (AvgIpc) is 2.99. The number of benzene rings is 1. The fourth-order valence-electron chi connectivity index (χ4n) is 2.93. The highest BCUT2D eigenvalue weighted by molar-refractivity contribution is 5.85. The van der Waals surface area contributed by atoms with E-state index >= 15 is 0 Å². The van der Waals surface area contributed by atoms with E-state index < -0.39 is 0 Å². The molecule has 0 saturated carbocycles. The fourth-order valence-corrected chi connectivity index (χ4v) is 2.93. The number of methoxy groups -OCH3 is 1. The summed E-state index contributed by atoms with van der Waals surface area (Å²) in [4.78, 5) is 0. The van der Waals surface area contributed by atoms with Gasteiger partial charge in [-0.15, -0.1) is 0 Å². The molecule has 2 aromatic rings. The van der Waals surface area contributed by atoms with Crippen molar-refractivity contribution >= 4 is 10.9 Å². The Balaban J connectivity index is 1.96. The summed E-state index contributed by atoms with van der Waals surface area (Å²) < 4.78 is 7.49. The van der Waals surface area contributed by atoms with E-state index in [0.717, 1.165) is 12.2 Å². The van der Waals surface area contributed by atoms with Crippen LogP contribution in [0.25, 0.3) is 10.9 Å². The van der Waals surface area contributed by atoms with Crippen molar-refractivity contribution in [1.82, 2.24) is 9.88 Å². The molecule has 1 aromatic heterocycles. The number of ether oxygens (including phenoxy) is 1. The quantitative estimate of drug-likeness (QED) is 0.897. The molecule has 1 saturated heterocycles. The van der Waals surface area contributed by atoms with Gasteiger partial charge in [0.15, 0.2) is 0 Å². The standard InChI is InChI=1S/C15H20N2O/c1-17-10-11(8-12-4-3-7-16-12)14-6-5-13(18-2)9-15(14)17/h5-6,9-10,12,16H,3-4,7-8H2,1-2H3. The highest BCUT2D eigenvalue weighted by Gasteiger charge is 2.17. The number of hydrogen-bond donors (Lipinski definition) is 1. The predicted molar refractivity (Wildman–Crippen MR) is 74.2 cm³/mol. The molecule has 1 fully saturated rings. The molecule has 0 amide bonds. The van der Waals surface area contributed by atoms with Crippen LogP contribution in [0.2, 0.25) is 0 Å². The molecule has 96 valence electrons. The van der Waals surface area contributed by atoms with Crippen LogP contribution in [0.15, 0.2) is 24.4 Å². The van der Waals surface area contributed by atoms with E-state index in [2.05, 4.69) is 35.3 Å². The van der Waals surface area contributed by atoms with Crippen molar-refractivity contribution in [2.24, 2.45) is 7.05 Å². The molecular weight excluding hydrogens is 224 g/mol. The molecule has 1 aromatic carbocycles. The number of rotatable bonds is 3. The predicted octanol–water partition coefficient (Wildman–Crippen LogP) is 2.48. The van der Waals surface area contributed by atoms with E-state index in [1.54, 1.807) is 7.11 Å². The van der Waals surface area contributed by atoms with Gasteiger partial charge < -0.3 is 14.6 Å². The van der Waals surface area contributed by atoms with Crippen molar-refractivity contribution in [3.05, 3.63) is 30.0 Å². The Morgan fingerprint density at radius 2 is 2.33 bits per heavy atom. The lowest BCUT2D eigenvalue weighted by molar-refractivity contribution is 0.415. The normalized spacial score (nSPS) is 19.6. The van der Waals surface area contributed by atoms with Gasteiger partial charge in [0, 0.05) is 30.7 Å². The lowest BCUT2D eigenvalue weighted by Gasteiger charge is -2.08. The lowest BCUT2D eigenvalue weighted by Crippen LogP contribution is -2.23. The molecule has 1 unspecified atom stereocenters. The highest BCUT2D eigenvalue weighted by atomic mass is 16.5. The summed E-state index contributed by atoms with van der Waals surface area (Å²) in [7, 11) is 3.82. The minimum atomic E-state index is 0.651. The molecule has 0 aliphatic carbocycles. The molecule has 18 heavy (non-hydrogen) atoms. The number of aromatic nitrogens is 1. The maximum absolute atomic E-state index is 5.29. The van der Waals surface area contributed by atoms with Crippen molar-refractivity contribution in [2.75, 3.05) is 13.7 Å². The SMILES string of the molecule is COc1ccc2c(CC3CCCN3)cn(C)c2c1. The molecule has 3 rings (SSSR count). The van der Waals surface area contributed by atoms with Crippen LogP contribution in [0.5, 0.6) is 5.75 Å². The van der Waals surface area contributed by atoms with Crippen LogP contribution in [-0.4, -0.2) is 24.3 Å². The number of hydrogen-bond acceptors (Lipinski definition) is 2. The smallest absolute Gasteiger partial charge is 0.120 e. The number of aryl methyl sites for hydroxylation is 1. The van der Waals surface area contributed by atoms with Crippen LogP contribution in [-0.2, 0) is 13.5 Å². The second-order valence-corrected chi connectivity index (χ2v) is 5.15. The Hall–Kier alpha value is -1.48. The Morgan fingerprint density at radius 1 is 1.44 bits per heavy atom. The largest absolute Gasteiger partial charge is 0.497 e. The Kier molecular flexibility index (Phi) is 3.00. The maximum atomic E-state index is 5.29. The first-order chi connectivity index (χ1) is 8.78. The third kappa shape index (κ3) is 1.99. The first kappa shape index (κ1) is 11.6. The van der Waals surface area contributed by atoms with Gasteiger partial charge in [0.1, 0.15) is 5.75 Å². The first-order valence-electron chi connectivity index (χ1n) is 6.63. The molecule has 2 heterocycles. The summed E-state index contributed by atoms with van der Waals surface area (Å²) >= 11 is 0. The van der Waals surface area contributed by atoms with Crippen LogP contribution >= 0.6 is 0 Å². The van der Waals surface area contributed by atoms with Crippen molar-refractivity contribution in [3.63, 3.8) is 0 Å². The molecule has 1 aliphatic rings. The number of fused-ring (bicyclic) bond motifs is 1. The molecule has 0 radical (unpaired) electrons. The third-order valence-corrected chi connectivity index (χ3v) is 3.91. The zero-order valence-corrected chi connectivity index (χ0v) is 11.1. The van der Waals surface area contributed by atoms with Crippen molar-refractivity contribution in [3.8, 4) is 5.75 Å². The van der Waals surface area contributed by atoms with Crippen LogP contribution in [0, 0.1) is 0 Å². The summed E-state index contributed by atoms with van der Waals surface area (Å²) in [5.74, 6) is 0.925. The molecule has 0 spiro atoms. The zero-order chi connectivity index (χ0) is 12.5. The number of nitrogens with zero attached hydrogens (tertiary/aromatic N) is 1. The molecule has 1 atom stereocenters. The van der Waals surface area contributed by atoms with E-state index in [-0.39, 0.29) is 0 Å². The van der Waals surface area contributed by atoms with Gasteiger partial charge in [0.25, 0.3) is 0 Å². The summed E-state index contributed by atoms with van der Waals surface area (Å²) in [5.41, 5.74) is 2.69. The van der Waals surface area contributed by atoms with Crippen LogP contribution in [0.4, 0.5) is 0 Å². The molecule has 3 nitrogen and oxygen atoms in total. The second kappa shape index (κ2) is 4.65. The van der Waals surface area contributed by atoms with E-state index in [1.165, 1.54) is 35.9 Å². The Labute approximate surface area is 108 Å². The van der Waals surface area contributed by atoms with E-state index in [1.807, 2.05) is 6.07 Å². The van der Waals surface area contributed by atoms with E-state index in [9.17, 15) is 0 Å². The minimum absolute atomic E-state index is 0.651. The molecule has 3 heteroatoms. The van der Waals surface area contributed by atoms with Gasteiger partial charge >= 0.3 is 0 Å². The maximum Gasteiger partial charge on any atom is 0.120 e. The fraction of sp³-hybridized carbons (Fsp3) is 0.467. The summed E-state index contributed by atoms with van der Waals surface area (Å²) in [5, 5.41) is 4.92. The van der Waals surface area contributed by atoms with Gasteiger partial charge in [0.2, 0.25) is 0 Å². The monoisotopic (exact) mass is 244 g/mol.